The normalized spacial score (nSPS) is 11.4. The maximum atomic E-state index is 13.5. The van der Waals surface area contributed by atoms with Crippen molar-refractivity contribution >= 4 is 55.6 Å². The molecule has 0 aliphatic heterocycles. The van der Waals surface area contributed by atoms with Crippen LogP contribution < -0.4 is 15.0 Å². The zero-order chi connectivity index (χ0) is 25.2. The summed E-state index contributed by atoms with van der Waals surface area (Å²) in [7, 11) is 1.55. The number of fused-ring (bicyclic) bond motifs is 2. The number of methoxy groups -OCH3 is 1. The van der Waals surface area contributed by atoms with Crippen LogP contribution >= 0.6 is 27.5 Å². The SMILES string of the molecule is C=CCOc1c(Br)cc(C=Nn2c(-c3cc4cc(Cl)ccc4o3)nc3ccccc3c2=O)cc1OC. The van der Waals surface area contributed by atoms with Gasteiger partial charge in [0.2, 0.25) is 5.82 Å². The molecule has 180 valence electrons. The number of nitrogens with zero attached hydrogens (tertiary/aromatic N) is 3. The van der Waals surface area contributed by atoms with Crippen molar-refractivity contribution in [2.24, 2.45) is 5.10 Å². The van der Waals surface area contributed by atoms with Crippen LogP contribution in [0, 0.1) is 0 Å². The quantitative estimate of drug-likeness (QED) is 0.163. The summed E-state index contributed by atoms with van der Waals surface area (Å²) in [6, 6.07) is 17.8. The predicted molar refractivity (Wildman–Crippen MR) is 146 cm³/mol. The number of hydrogen-bond acceptors (Lipinski definition) is 6. The van der Waals surface area contributed by atoms with E-state index in [1.165, 1.54) is 4.68 Å². The molecule has 0 fully saturated rings. The van der Waals surface area contributed by atoms with Crippen molar-refractivity contribution in [3.05, 3.63) is 98.7 Å². The van der Waals surface area contributed by atoms with Gasteiger partial charge in [-0.3, -0.25) is 4.79 Å². The van der Waals surface area contributed by atoms with E-state index in [0.717, 1.165) is 5.39 Å². The fourth-order valence-electron chi connectivity index (χ4n) is 3.74. The van der Waals surface area contributed by atoms with E-state index in [4.69, 9.17) is 30.5 Å². The zero-order valence-electron chi connectivity index (χ0n) is 19.1. The Bertz CT molecular complexity index is 1710. The van der Waals surface area contributed by atoms with Gasteiger partial charge in [-0.15, -0.1) is 0 Å². The molecule has 0 aliphatic carbocycles. The van der Waals surface area contributed by atoms with Crippen LogP contribution in [0.15, 0.2) is 92.1 Å². The second kappa shape index (κ2) is 10.0. The maximum absolute atomic E-state index is 13.5. The van der Waals surface area contributed by atoms with Crippen molar-refractivity contribution in [1.29, 1.82) is 0 Å². The molecule has 0 saturated carbocycles. The first kappa shape index (κ1) is 23.8. The number of ether oxygens (including phenoxy) is 2. The second-order valence-electron chi connectivity index (χ2n) is 7.74. The molecule has 5 rings (SSSR count). The smallest absolute Gasteiger partial charge is 0.282 e. The summed E-state index contributed by atoms with van der Waals surface area (Å²) in [5.41, 5.74) is 1.50. The summed E-state index contributed by atoms with van der Waals surface area (Å²) in [5.74, 6) is 1.70. The van der Waals surface area contributed by atoms with E-state index in [1.54, 1.807) is 67.9 Å². The van der Waals surface area contributed by atoms with Crippen molar-refractivity contribution in [3.63, 3.8) is 0 Å². The van der Waals surface area contributed by atoms with Crippen molar-refractivity contribution in [2.45, 2.75) is 0 Å². The minimum atomic E-state index is -0.331. The lowest BCUT2D eigenvalue weighted by molar-refractivity contribution is 0.324. The lowest BCUT2D eigenvalue weighted by Gasteiger charge is -2.12. The van der Waals surface area contributed by atoms with Gasteiger partial charge in [-0.1, -0.05) is 36.4 Å². The van der Waals surface area contributed by atoms with Crippen LogP contribution in [-0.2, 0) is 0 Å². The number of aromatic nitrogens is 2. The van der Waals surface area contributed by atoms with Crippen LogP contribution in [0.5, 0.6) is 11.5 Å². The van der Waals surface area contributed by atoms with E-state index in [-0.39, 0.29) is 11.4 Å². The lowest BCUT2D eigenvalue weighted by Crippen LogP contribution is -2.20. The highest BCUT2D eigenvalue weighted by atomic mass is 79.9. The van der Waals surface area contributed by atoms with E-state index in [9.17, 15) is 4.79 Å². The molecule has 5 aromatic rings. The molecule has 9 heteroatoms. The molecule has 0 N–H and O–H groups in total. The van der Waals surface area contributed by atoms with E-state index in [0.29, 0.717) is 55.4 Å². The average molecular weight is 565 g/mol. The van der Waals surface area contributed by atoms with Gasteiger partial charge in [0, 0.05) is 10.4 Å². The zero-order valence-corrected chi connectivity index (χ0v) is 21.4. The Morgan fingerprint density at radius 1 is 1.19 bits per heavy atom. The van der Waals surface area contributed by atoms with E-state index in [2.05, 4.69) is 27.6 Å². The third-order valence-corrected chi connectivity index (χ3v) is 6.20. The number of para-hydroxylation sites is 1. The van der Waals surface area contributed by atoms with Crippen LogP contribution in [0.25, 0.3) is 33.5 Å². The first-order valence-corrected chi connectivity index (χ1v) is 12.0. The summed E-state index contributed by atoms with van der Waals surface area (Å²) in [5, 5.41) is 6.30. The molecule has 0 aliphatic rings. The number of hydrogen-bond donors (Lipinski definition) is 0. The van der Waals surface area contributed by atoms with Gasteiger partial charge < -0.3 is 13.9 Å². The molecule has 0 amide bonds. The Morgan fingerprint density at radius 3 is 2.83 bits per heavy atom. The molecule has 3 aromatic carbocycles. The highest BCUT2D eigenvalue weighted by Crippen LogP contribution is 2.36. The van der Waals surface area contributed by atoms with Gasteiger partial charge in [0.05, 0.1) is 28.7 Å². The topological polar surface area (TPSA) is 78.9 Å². The Morgan fingerprint density at radius 2 is 2.03 bits per heavy atom. The van der Waals surface area contributed by atoms with Crippen molar-refractivity contribution < 1.29 is 13.9 Å². The van der Waals surface area contributed by atoms with E-state index >= 15 is 0 Å². The minimum Gasteiger partial charge on any atom is -0.493 e. The van der Waals surface area contributed by atoms with Crippen LogP contribution in [0.1, 0.15) is 5.56 Å². The van der Waals surface area contributed by atoms with Gasteiger partial charge in [-0.25, -0.2) is 4.98 Å². The summed E-state index contributed by atoms with van der Waals surface area (Å²) < 4.78 is 19.1. The summed E-state index contributed by atoms with van der Waals surface area (Å²) in [6.45, 7) is 3.99. The van der Waals surface area contributed by atoms with E-state index < -0.39 is 0 Å². The van der Waals surface area contributed by atoms with Gasteiger partial charge in [-0.05, 0) is 70.0 Å². The third kappa shape index (κ3) is 4.53. The first-order chi connectivity index (χ1) is 17.5. The lowest BCUT2D eigenvalue weighted by atomic mass is 10.2. The molecule has 36 heavy (non-hydrogen) atoms. The fraction of sp³-hybridized carbons (Fsp3) is 0.0741. The minimum absolute atomic E-state index is 0.263. The largest absolute Gasteiger partial charge is 0.493 e. The van der Waals surface area contributed by atoms with Crippen LogP contribution in [0.3, 0.4) is 0 Å². The Labute approximate surface area is 219 Å². The molecule has 7 nitrogen and oxygen atoms in total. The number of halogens is 2. The number of benzene rings is 3. The van der Waals surface area contributed by atoms with Gasteiger partial charge in [0.15, 0.2) is 17.3 Å². The molecule has 0 radical (unpaired) electrons. The molecule has 2 heterocycles. The molecule has 0 bridgehead atoms. The third-order valence-electron chi connectivity index (χ3n) is 5.37. The molecule has 0 spiro atoms. The highest BCUT2D eigenvalue weighted by molar-refractivity contribution is 9.10. The summed E-state index contributed by atoms with van der Waals surface area (Å²) in [6.07, 6.45) is 3.19. The summed E-state index contributed by atoms with van der Waals surface area (Å²) >= 11 is 9.65. The average Bonchev–Trinajstić information content (AvgIpc) is 3.30. The standard InChI is InChI=1S/C27H19BrClN3O4/c1-3-10-35-25-20(28)11-16(12-23(25)34-2)15-30-32-26(31-21-7-5-4-6-19(21)27(32)33)24-14-17-13-18(29)8-9-22(17)36-24/h3-9,11-15H,1,10H2,2H3. The van der Waals surface area contributed by atoms with Crippen LogP contribution in [0.4, 0.5) is 0 Å². The maximum Gasteiger partial charge on any atom is 0.282 e. The van der Waals surface area contributed by atoms with Gasteiger partial charge >= 0.3 is 0 Å². The molecular formula is C27H19BrClN3O4. The number of rotatable bonds is 7. The Kier molecular flexibility index (Phi) is 6.63. The van der Waals surface area contributed by atoms with Crippen molar-refractivity contribution in [3.8, 4) is 23.1 Å². The Hall–Kier alpha value is -3.88. The molecule has 0 atom stereocenters. The van der Waals surface area contributed by atoms with Crippen LogP contribution in [-0.4, -0.2) is 29.6 Å². The van der Waals surface area contributed by atoms with Gasteiger partial charge in [0.25, 0.3) is 5.56 Å². The molecule has 0 saturated heterocycles. The Balaban J connectivity index is 1.66. The fourth-order valence-corrected chi connectivity index (χ4v) is 4.49. The predicted octanol–water partition coefficient (Wildman–Crippen LogP) is 6.68. The van der Waals surface area contributed by atoms with Crippen LogP contribution in [0.2, 0.25) is 5.02 Å². The highest BCUT2D eigenvalue weighted by Gasteiger charge is 2.17. The molecule has 0 unspecified atom stereocenters. The number of furan rings is 1. The second-order valence-corrected chi connectivity index (χ2v) is 9.03. The molecular weight excluding hydrogens is 546 g/mol. The molecule has 2 aromatic heterocycles. The van der Waals surface area contributed by atoms with E-state index in [1.807, 2.05) is 12.1 Å². The van der Waals surface area contributed by atoms with Crippen molar-refractivity contribution in [2.75, 3.05) is 13.7 Å². The van der Waals surface area contributed by atoms with Gasteiger partial charge in [-0.2, -0.15) is 9.78 Å². The van der Waals surface area contributed by atoms with Crippen molar-refractivity contribution in [1.82, 2.24) is 9.66 Å². The first-order valence-electron chi connectivity index (χ1n) is 10.9. The monoisotopic (exact) mass is 563 g/mol. The summed E-state index contributed by atoms with van der Waals surface area (Å²) in [4.78, 5) is 18.2. The van der Waals surface area contributed by atoms with Gasteiger partial charge in [0.1, 0.15) is 12.2 Å².